The van der Waals surface area contributed by atoms with E-state index in [0.717, 1.165) is 43.5 Å². The lowest BCUT2D eigenvalue weighted by Gasteiger charge is -2.35. The number of likely N-dealkylation sites (tertiary alicyclic amines) is 1. The number of carbonyl (C=O) groups excluding carboxylic acids is 2. The summed E-state index contributed by atoms with van der Waals surface area (Å²) in [5.41, 5.74) is 2.67. The molecule has 0 radical (unpaired) electrons. The number of hydrogen-bond acceptors (Lipinski definition) is 3. The average molecular weight is 380 g/mol. The van der Waals surface area contributed by atoms with E-state index in [0.29, 0.717) is 17.2 Å². The van der Waals surface area contributed by atoms with Gasteiger partial charge in [-0.2, -0.15) is 0 Å². The van der Waals surface area contributed by atoms with Gasteiger partial charge in [0.2, 0.25) is 0 Å². The smallest absolute Gasteiger partial charge is 0.272 e. The van der Waals surface area contributed by atoms with Crippen LogP contribution >= 0.6 is 0 Å². The molecule has 0 spiro atoms. The maximum Gasteiger partial charge on any atom is 0.272 e. The quantitative estimate of drug-likeness (QED) is 0.807. The molecule has 1 aliphatic heterocycles. The van der Waals surface area contributed by atoms with Gasteiger partial charge in [0.15, 0.2) is 0 Å². The van der Waals surface area contributed by atoms with Crippen molar-refractivity contribution in [2.24, 2.45) is 0 Å². The van der Waals surface area contributed by atoms with E-state index in [-0.39, 0.29) is 17.9 Å². The number of pyridine rings is 1. The van der Waals surface area contributed by atoms with Gasteiger partial charge in [-0.25, -0.2) is 0 Å². The van der Waals surface area contributed by atoms with Crippen molar-refractivity contribution in [3.63, 3.8) is 0 Å². The molecule has 2 heterocycles. The molecule has 28 heavy (non-hydrogen) atoms. The minimum atomic E-state index is -0.227. The molecule has 1 fully saturated rings. The normalized spacial score (nSPS) is 16.9. The maximum absolute atomic E-state index is 13.0. The van der Waals surface area contributed by atoms with Crippen molar-refractivity contribution >= 4 is 17.5 Å². The van der Waals surface area contributed by atoms with Crippen LogP contribution in [0, 0.1) is 0 Å². The number of para-hydroxylation sites is 1. The molecule has 2 aromatic rings. The first-order valence-corrected chi connectivity index (χ1v) is 10.2. The van der Waals surface area contributed by atoms with Gasteiger partial charge in [-0.15, -0.1) is 0 Å². The monoisotopic (exact) mass is 379 g/mol. The summed E-state index contributed by atoms with van der Waals surface area (Å²) < 4.78 is 0. The fourth-order valence-corrected chi connectivity index (χ4v) is 3.84. The number of anilines is 1. The van der Waals surface area contributed by atoms with Crippen LogP contribution in [0.1, 0.15) is 78.8 Å². The summed E-state index contributed by atoms with van der Waals surface area (Å²) in [6.45, 7) is 7.06. The second kappa shape index (κ2) is 9.00. The van der Waals surface area contributed by atoms with E-state index in [4.69, 9.17) is 0 Å². The van der Waals surface area contributed by atoms with Crippen molar-refractivity contribution < 1.29 is 9.59 Å². The van der Waals surface area contributed by atoms with Gasteiger partial charge in [0.1, 0.15) is 5.69 Å². The van der Waals surface area contributed by atoms with Crippen LogP contribution in [0.2, 0.25) is 0 Å². The Kier molecular flexibility index (Phi) is 6.45. The molecule has 3 rings (SSSR count). The van der Waals surface area contributed by atoms with E-state index in [1.807, 2.05) is 29.2 Å². The molecule has 1 atom stereocenters. The van der Waals surface area contributed by atoms with Crippen LogP contribution < -0.4 is 5.32 Å². The van der Waals surface area contributed by atoms with Crippen LogP contribution in [-0.4, -0.2) is 34.3 Å². The molecular formula is C23H29N3O2. The number of aromatic nitrogens is 1. The third kappa shape index (κ3) is 4.41. The number of carbonyl (C=O) groups is 2. The Hall–Kier alpha value is -2.69. The zero-order valence-electron chi connectivity index (χ0n) is 16.9. The molecule has 1 unspecified atom stereocenters. The third-order valence-corrected chi connectivity index (χ3v) is 5.43. The molecule has 0 aliphatic carbocycles. The van der Waals surface area contributed by atoms with Gasteiger partial charge in [-0.1, -0.05) is 39.0 Å². The molecule has 148 valence electrons. The Morgan fingerprint density at radius 1 is 1.21 bits per heavy atom. The molecule has 1 aromatic carbocycles. The second-order valence-corrected chi connectivity index (χ2v) is 7.68. The molecule has 2 amide bonds. The van der Waals surface area contributed by atoms with E-state index in [1.165, 1.54) is 0 Å². The Bertz CT molecular complexity index is 847. The molecular weight excluding hydrogens is 350 g/mol. The predicted octanol–water partition coefficient (Wildman–Crippen LogP) is 4.86. The molecule has 1 aromatic heterocycles. The highest BCUT2D eigenvalue weighted by molar-refractivity contribution is 6.06. The van der Waals surface area contributed by atoms with Crippen LogP contribution in [0.15, 0.2) is 42.6 Å². The summed E-state index contributed by atoms with van der Waals surface area (Å²) in [5, 5.41) is 2.98. The average Bonchev–Trinajstić information content (AvgIpc) is 2.73. The van der Waals surface area contributed by atoms with E-state index in [1.54, 1.807) is 18.3 Å². The number of amides is 2. The molecule has 5 nitrogen and oxygen atoms in total. The summed E-state index contributed by atoms with van der Waals surface area (Å²) in [6, 6.07) is 11.3. The molecule has 0 bridgehead atoms. The SMILES string of the molecule is CCC1CCCCN1C(=O)c1cc(C(=O)Nc2ccccc2C(C)C)ccn1. The van der Waals surface area contributed by atoms with Crippen LogP contribution in [0.5, 0.6) is 0 Å². The largest absolute Gasteiger partial charge is 0.334 e. The summed E-state index contributed by atoms with van der Waals surface area (Å²) in [6.07, 6.45) is 5.70. The predicted molar refractivity (Wildman–Crippen MR) is 112 cm³/mol. The number of rotatable bonds is 5. The minimum absolute atomic E-state index is 0.0798. The molecule has 1 saturated heterocycles. The molecule has 0 saturated carbocycles. The van der Waals surface area contributed by atoms with E-state index in [9.17, 15) is 9.59 Å². The first kappa shape index (κ1) is 20.1. The first-order valence-electron chi connectivity index (χ1n) is 10.2. The van der Waals surface area contributed by atoms with Crippen LogP contribution in [0.4, 0.5) is 5.69 Å². The van der Waals surface area contributed by atoms with Crippen LogP contribution in [0.25, 0.3) is 0 Å². The van der Waals surface area contributed by atoms with E-state index < -0.39 is 0 Å². The van der Waals surface area contributed by atoms with Gasteiger partial charge in [0, 0.05) is 30.0 Å². The topological polar surface area (TPSA) is 62.3 Å². The van der Waals surface area contributed by atoms with Crippen LogP contribution in [0.3, 0.4) is 0 Å². The number of piperidine rings is 1. The Balaban J connectivity index is 1.79. The zero-order valence-corrected chi connectivity index (χ0v) is 16.9. The Labute approximate surface area is 167 Å². The molecule has 1 N–H and O–H groups in total. The Morgan fingerprint density at radius 3 is 2.75 bits per heavy atom. The van der Waals surface area contributed by atoms with Crippen molar-refractivity contribution in [2.45, 2.75) is 58.4 Å². The molecule has 5 heteroatoms. The fourth-order valence-electron chi connectivity index (χ4n) is 3.84. The summed E-state index contributed by atoms with van der Waals surface area (Å²) in [4.78, 5) is 31.9. The van der Waals surface area contributed by atoms with Gasteiger partial charge in [0.05, 0.1) is 0 Å². The number of hydrogen-bond donors (Lipinski definition) is 1. The number of nitrogens with zero attached hydrogens (tertiary/aromatic N) is 2. The van der Waals surface area contributed by atoms with Gasteiger partial charge in [-0.3, -0.25) is 14.6 Å². The number of benzene rings is 1. The third-order valence-electron chi connectivity index (χ3n) is 5.43. The van der Waals surface area contributed by atoms with Gasteiger partial charge in [0.25, 0.3) is 11.8 Å². The van der Waals surface area contributed by atoms with Crippen molar-refractivity contribution in [3.05, 3.63) is 59.4 Å². The van der Waals surface area contributed by atoms with Gasteiger partial charge >= 0.3 is 0 Å². The van der Waals surface area contributed by atoms with Gasteiger partial charge in [-0.05, 0) is 55.4 Å². The zero-order chi connectivity index (χ0) is 20.1. The lowest BCUT2D eigenvalue weighted by molar-refractivity contribution is 0.0602. The highest BCUT2D eigenvalue weighted by atomic mass is 16.2. The minimum Gasteiger partial charge on any atom is -0.334 e. The lowest BCUT2D eigenvalue weighted by Crippen LogP contribution is -2.43. The standard InChI is InChI=1S/C23H29N3O2/c1-4-18-9-7-8-14-26(18)23(28)21-15-17(12-13-24-21)22(27)25-20-11-6-5-10-19(20)16(2)3/h5-6,10-13,15-16,18H,4,7-9,14H2,1-3H3,(H,25,27). The highest BCUT2D eigenvalue weighted by Crippen LogP contribution is 2.25. The lowest BCUT2D eigenvalue weighted by atomic mass is 9.99. The summed E-state index contributed by atoms with van der Waals surface area (Å²) in [5.74, 6) is -0.00447. The summed E-state index contributed by atoms with van der Waals surface area (Å²) in [7, 11) is 0. The molecule has 1 aliphatic rings. The Morgan fingerprint density at radius 2 is 2.00 bits per heavy atom. The maximum atomic E-state index is 13.0. The summed E-state index contributed by atoms with van der Waals surface area (Å²) >= 11 is 0. The van der Waals surface area contributed by atoms with Crippen molar-refractivity contribution in [3.8, 4) is 0 Å². The van der Waals surface area contributed by atoms with E-state index >= 15 is 0 Å². The van der Waals surface area contributed by atoms with E-state index in [2.05, 4.69) is 31.1 Å². The fraction of sp³-hybridized carbons (Fsp3) is 0.435. The first-order chi connectivity index (χ1) is 13.5. The number of nitrogens with one attached hydrogen (secondary N) is 1. The second-order valence-electron chi connectivity index (χ2n) is 7.68. The van der Waals surface area contributed by atoms with Crippen LogP contribution in [-0.2, 0) is 0 Å². The highest BCUT2D eigenvalue weighted by Gasteiger charge is 2.27. The van der Waals surface area contributed by atoms with Crippen molar-refractivity contribution in [2.75, 3.05) is 11.9 Å². The van der Waals surface area contributed by atoms with Crippen molar-refractivity contribution in [1.29, 1.82) is 0 Å². The van der Waals surface area contributed by atoms with Crippen molar-refractivity contribution in [1.82, 2.24) is 9.88 Å². The van der Waals surface area contributed by atoms with Gasteiger partial charge < -0.3 is 10.2 Å².